The number of nitrogens with one attached hydrogen (secondary N) is 1. The van der Waals surface area contributed by atoms with Crippen LogP contribution in [0.3, 0.4) is 0 Å². The van der Waals surface area contributed by atoms with Crippen LogP contribution in [0.2, 0.25) is 0 Å². The van der Waals surface area contributed by atoms with Crippen LogP contribution in [0.1, 0.15) is 36.8 Å². The van der Waals surface area contributed by atoms with Crippen LogP contribution < -0.4 is 5.32 Å². The number of amides is 1. The Morgan fingerprint density at radius 1 is 1.13 bits per heavy atom. The summed E-state index contributed by atoms with van der Waals surface area (Å²) in [7, 11) is 0. The van der Waals surface area contributed by atoms with Gasteiger partial charge in [-0.05, 0) is 39.3 Å². The molecule has 2 heterocycles. The largest absolute Gasteiger partial charge is 0.459 e. The van der Waals surface area contributed by atoms with Gasteiger partial charge in [-0.25, -0.2) is 0 Å². The van der Waals surface area contributed by atoms with Gasteiger partial charge in [0.15, 0.2) is 11.0 Å². The lowest BCUT2D eigenvalue weighted by atomic mass is 10.1. The monoisotopic (exact) mass is 434 g/mol. The van der Waals surface area contributed by atoms with Crippen LogP contribution in [0, 0.1) is 13.8 Å². The summed E-state index contributed by atoms with van der Waals surface area (Å²) in [6, 6.07) is 15.8. The molecule has 0 saturated heterocycles. The lowest BCUT2D eigenvalue weighted by Gasteiger charge is -2.13. The molecular formula is C24H26N4O2S. The molecule has 6 nitrogen and oxygen atoms in total. The Hall–Kier alpha value is -3.06. The summed E-state index contributed by atoms with van der Waals surface area (Å²) in [6.07, 6.45) is 0. The number of fused-ring (bicyclic) bond motifs is 1. The average Bonchev–Trinajstić information content (AvgIpc) is 3.33. The van der Waals surface area contributed by atoms with Gasteiger partial charge in [0.25, 0.3) is 0 Å². The van der Waals surface area contributed by atoms with Gasteiger partial charge in [0.2, 0.25) is 5.91 Å². The highest BCUT2D eigenvalue weighted by Gasteiger charge is 2.20. The quantitative estimate of drug-likeness (QED) is 0.400. The molecule has 2 aromatic carbocycles. The highest BCUT2D eigenvalue weighted by Crippen LogP contribution is 2.30. The van der Waals surface area contributed by atoms with Crippen molar-refractivity contribution in [2.45, 2.75) is 45.4 Å². The van der Waals surface area contributed by atoms with E-state index in [-0.39, 0.29) is 17.7 Å². The van der Waals surface area contributed by atoms with Crippen molar-refractivity contribution in [2.24, 2.45) is 0 Å². The number of benzene rings is 2. The van der Waals surface area contributed by atoms with Gasteiger partial charge >= 0.3 is 0 Å². The number of nitrogens with zero attached hydrogens (tertiary/aromatic N) is 3. The molecule has 1 atom stereocenters. The number of aryl methyl sites for hydroxylation is 2. The Labute approximate surface area is 186 Å². The van der Waals surface area contributed by atoms with E-state index in [0.29, 0.717) is 0 Å². The zero-order chi connectivity index (χ0) is 22.0. The van der Waals surface area contributed by atoms with E-state index in [1.54, 1.807) is 0 Å². The molecule has 2 aromatic heterocycles. The normalized spacial score (nSPS) is 12.3. The van der Waals surface area contributed by atoms with E-state index in [4.69, 9.17) is 4.42 Å². The number of thioether (sulfide) groups is 1. The second-order valence-electron chi connectivity index (χ2n) is 7.53. The molecule has 1 N–H and O–H groups in total. The minimum absolute atomic E-state index is 0.0690. The number of hydrogen-bond donors (Lipinski definition) is 1. The number of para-hydroxylation sites is 1. The minimum Gasteiger partial charge on any atom is -0.459 e. The van der Waals surface area contributed by atoms with Crippen molar-refractivity contribution in [3.05, 3.63) is 65.4 Å². The van der Waals surface area contributed by atoms with E-state index in [0.717, 1.165) is 50.9 Å². The van der Waals surface area contributed by atoms with Crippen LogP contribution >= 0.6 is 11.8 Å². The summed E-state index contributed by atoms with van der Waals surface area (Å²) < 4.78 is 8.03. The van der Waals surface area contributed by atoms with Gasteiger partial charge in [-0.1, -0.05) is 54.2 Å². The average molecular weight is 435 g/mol. The third kappa shape index (κ3) is 4.23. The van der Waals surface area contributed by atoms with E-state index >= 15 is 0 Å². The summed E-state index contributed by atoms with van der Waals surface area (Å²) >= 11 is 1.39. The first-order valence-corrected chi connectivity index (χ1v) is 11.4. The Balaban J connectivity index is 1.44. The summed E-state index contributed by atoms with van der Waals surface area (Å²) in [4.78, 5) is 12.6. The topological polar surface area (TPSA) is 73.0 Å². The lowest BCUT2D eigenvalue weighted by molar-refractivity contribution is -0.119. The Morgan fingerprint density at radius 3 is 2.61 bits per heavy atom. The molecule has 160 valence electrons. The van der Waals surface area contributed by atoms with Crippen molar-refractivity contribution in [2.75, 3.05) is 5.75 Å². The van der Waals surface area contributed by atoms with Crippen LogP contribution in [0.25, 0.3) is 22.4 Å². The third-order valence-electron chi connectivity index (χ3n) is 5.40. The van der Waals surface area contributed by atoms with Crippen LogP contribution in [0.4, 0.5) is 0 Å². The van der Waals surface area contributed by atoms with Crippen LogP contribution in [0.15, 0.2) is 58.1 Å². The molecule has 4 rings (SSSR count). The molecule has 0 bridgehead atoms. The van der Waals surface area contributed by atoms with Crippen molar-refractivity contribution in [3.63, 3.8) is 0 Å². The fraction of sp³-hybridized carbons (Fsp3) is 0.292. The maximum atomic E-state index is 12.6. The highest BCUT2D eigenvalue weighted by atomic mass is 32.2. The number of aromatic nitrogens is 3. The first-order chi connectivity index (χ1) is 15.0. The summed E-state index contributed by atoms with van der Waals surface area (Å²) in [5, 5.41) is 13.6. The molecular weight excluding hydrogens is 408 g/mol. The van der Waals surface area contributed by atoms with Gasteiger partial charge in [-0.15, -0.1) is 10.2 Å². The molecule has 0 fully saturated rings. The van der Waals surface area contributed by atoms with E-state index in [2.05, 4.69) is 35.4 Å². The summed E-state index contributed by atoms with van der Waals surface area (Å²) in [5.41, 5.74) is 4.10. The van der Waals surface area contributed by atoms with Crippen molar-refractivity contribution in [1.29, 1.82) is 0 Å². The predicted molar refractivity (Wildman–Crippen MR) is 124 cm³/mol. The van der Waals surface area contributed by atoms with Gasteiger partial charge in [-0.2, -0.15) is 0 Å². The van der Waals surface area contributed by atoms with E-state index < -0.39 is 0 Å². The smallest absolute Gasteiger partial charge is 0.231 e. The number of rotatable bonds is 7. The molecule has 0 saturated carbocycles. The summed E-state index contributed by atoms with van der Waals surface area (Å²) in [5.74, 6) is 1.81. The molecule has 0 spiro atoms. The Kier molecular flexibility index (Phi) is 6.13. The fourth-order valence-electron chi connectivity index (χ4n) is 3.79. The van der Waals surface area contributed by atoms with Crippen LogP contribution in [-0.4, -0.2) is 26.4 Å². The molecule has 0 aliphatic carbocycles. The van der Waals surface area contributed by atoms with Crippen molar-refractivity contribution in [1.82, 2.24) is 20.1 Å². The zero-order valence-corrected chi connectivity index (χ0v) is 19.0. The molecule has 0 radical (unpaired) electrons. The molecule has 7 heteroatoms. The number of carbonyl (C=O) groups excluding carboxylic acids is 1. The first kappa shape index (κ1) is 21.2. The van der Waals surface area contributed by atoms with Crippen LogP contribution in [-0.2, 0) is 11.3 Å². The second kappa shape index (κ2) is 8.98. The van der Waals surface area contributed by atoms with Gasteiger partial charge in [0.1, 0.15) is 11.3 Å². The van der Waals surface area contributed by atoms with Gasteiger partial charge in [0.05, 0.1) is 11.8 Å². The molecule has 1 amide bonds. The number of furan rings is 1. The number of carbonyl (C=O) groups is 1. The van der Waals surface area contributed by atoms with Gasteiger partial charge < -0.3 is 14.3 Å². The zero-order valence-electron chi connectivity index (χ0n) is 18.2. The second-order valence-corrected chi connectivity index (χ2v) is 8.47. The lowest BCUT2D eigenvalue weighted by Crippen LogP contribution is -2.28. The number of hydrogen-bond acceptors (Lipinski definition) is 5. The first-order valence-electron chi connectivity index (χ1n) is 10.4. The van der Waals surface area contributed by atoms with Crippen molar-refractivity contribution < 1.29 is 9.21 Å². The predicted octanol–water partition coefficient (Wildman–Crippen LogP) is 5.30. The van der Waals surface area contributed by atoms with Crippen molar-refractivity contribution >= 4 is 28.6 Å². The van der Waals surface area contributed by atoms with E-state index in [1.165, 1.54) is 11.8 Å². The molecule has 4 aromatic rings. The minimum atomic E-state index is -0.216. The van der Waals surface area contributed by atoms with E-state index in [9.17, 15) is 4.79 Å². The summed E-state index contributed by atoms with van der Waals surface area (Å²) in [6.45, 7) is 8.82. The highest BCUT2D eigenvalue weighted by molar-refractivity contribution is 7.99. The maximum absolute atomic E-state index is 12.6. The molecule has 1 unspecified atom stereocenters. The standard InChI is InChI=1S/C24H26N4O2S/c1-5-28-23(18-11-7-6-10-15(18)2)26-27-24(28)31-14-21(29)25-17(4)22-16(3)19-12-8-9-13-20(19)30-22/h6-13,17H,5,14H2,1-4H3,(H,25,29). The van der Waals surface area contributed by atoms with Crippen LogP contribution in [0.5, 0.6) is 0 Å². The van der Waals surface area contributed by atoms with Gasteiger partial charge in [-0.3, -0.25) is 4.79 Å². The van der Waals surface area contributed by atoms with Crippen molar-refractivity contribution in [3.8, 4) is 11.4 Å². The fourth-order valence-corrected chi connectivity index (χ4v) is 4.60. The SMILES string of the molecule is CCn1c(SCC(=O)NC(C)c2oc3ccccc3c2C)nnc1-c1ccccc1C. The van der Waals surface area contributed by atoms with E-state index in [1.807, 2.05) is 60.9 Å². The van der Waals surface area contributed by atoms with Gasteiger partial charge in [0, 0.05) is 23.1 Å². The Morgan fingerprint density at radius 2 is 1.87 bits per heavy atom. The third-order valence-corrected chi connectivity index (χ3v) is 6.37. The molecule has 0 aliphatic heterocycles. The Bertz CT molecular complexity index is 1230. The maximum Gasteiger partial charge on any atom is 0.231 e. The molecule has 31 heavy (non-hydrogen) atoms. The molecule has 0 aliphatic rings.